The van der Waals surface area contributed by atoms with E-state index in [1.165, 1.54) is 9.80 Å². The number of urea groups is 1. The first kappa shape index (κ1) is 14.6. The molecular formula is C17H16N4O4. The minimum absolute atomic E-state index is 0.0115. The molecule has 0 aromatic carbocycles. The van der Waals surface area contributed by atoms with Crippen LogP contribution in [0.1, 0.15) is 34.8 Å². The molecule has 0 atom stereocenters. The lowest BCUT2D eigenvalue weighted by Crippen LogP contribution is -2.52. The molecular weight excluding hydrogens is 324 g/mol. The zero-order chi connectivity index (χ0) is 17.1. The van der Waals surface area contributed by atoms with E-state index in [2.05, 4.69) is 4.98 Å². The van der Waals surface area contributed by atoms with Crippen LogP contribution in [0.2, 0.25) is 0 Å². The van der Waals surface area contributed by atoms with Crippen LogP contribution in [-0.2, 0) is 9.53 Å². The first-order valence-corrected chi connectivity index (χ1v) is 8.35. The Morgan fingerprint density at radius 3 is 2.64 bits per heavy atom. The zero-order valence-corrected chi connectivity index (χ0v) is 13.4. The highest BCUT2D eigenvalue weighted by atomic mass is 16.5. The Hall–Kier alpha value is -2.74. The summed E-state index contributed by atoms with van der Waals surface area (Å²) in [6.07, 6.45) is 6.51. The fourth-order valence-electron chi connectivity index (χ4n) is 3.45. The average molecular weight is 340 g/mol. The van der Waals surface area contributed by atoms with Gasteiger partial charge in [-0.3, -0.25) is 19.4 Å². The number of hydrogen-bond donors (Lipinski definition) is 0. The monoisotopic (exact) mass is 340 g/mol. The standard InChI is InChI=1S/C17H16N4O4/c22-7-12-5-19-4-11(10-1-2-10)3-14(16(19)18-12)20-6-15(23)21(17(20)24)13-8-25-9-13/h3-5,7,10,13H,1-2,6,8-9H2. The fourth-order valence-corrected chi connectivity index (χ4v) is 3.45. The highest BCUT2D eigenvalue weighted by Gasteiger charge is 2.44. The number of aldehydes is 1. The van der Waals surface area contributed by atoms with Crippen molar-refractivity contribution in [1.29, 1.82) is 0 Å². The van der Waals surface area contributed by atoms with E-state index in [0.717, 1.165) is 18.4 Å². The molecule has 25 heavy (non-hydrogen) atoms. The van der Waals surface area contributed by atoms with Crippen molar-refractivity contribution in [2.45, 2.75) is 24.8 Å². The average Bonchev–Trinajstić information content (AvgIpc) is 3.27. The number of anilines is 1. The number of aromatic nitrogens is 2. The van der Waals surface area contributed by atoms with E-state index in [-0.39, 0.29) is 24.5 Å². The minimum atomic E-state index is -0.344. The molecule has 8 nitrogen and oxygen atoms in total. The molecule has 4 heterocycles. The van der Waals surface area contributed by atoms with Gasteiger partial charge in [0.2, 0.25) is 0 Å². The molecule has 5 rings (SSSR count). The highest BCUT2D eigenvalue weighted by molar-refractivity contribution is 6.14. The van der Waals surface area contributed by atoms with Crippen molar-refractivity contribution >= 4 is 29.6 Å². The first-order chi connectivity index (χ1) is 12.2. The lowest BCUT2D eigenvalue weighted by atomic mass is 10.1. The van der Waals surface area contributed by atoms with E-state index in [1.54, 1.807) is 10.6 Å². The third-order valence-corrected chi connectivity index (χ3v) is 5.02. The predicted molar refractivity (Wildman–Crippen MR) is 86.7 cm³/mol. The lowest BCUT2D eigenvalue weighted by Gasteiger charge is -2.32. The van der Waals surface area contributed by atoms with Crippen molar-refractivity contribution in [3.8, 4) is 0 Å². The predicted octanol–water partition coefficient (Wildman–Crippen LogP) is 1.19. The number of imide groups is 1. The van der Waals surface area contributed by atoms with Crippen molar-refractivity contribution in [2.24, 2.45) is 0 Å². The van der Waals surface area contributed by atoms with Crippen LogP contribution in [0.3, 0.4) is 0 Å². The number of amides is 3. The van der Waals surface area contributed by atoms with Crippen LogP contribution >= 0.6 is 0 Å². The minimum Gasteiger partial charge on any atom is -0.377 e. The van der Waals surface area contributed by atoms with Crippen LogP contribution in [0, 0.1) is 0 Å². The maximum Gasteiger partial charge on any atom is 0.332 e. The quantitative estimate of drug-likeness (QED) is 0.617. The van der Waals surface area contributed by atoms with Gasteiger partial charge in [-0.05, 0) is 30.4 Å². The van der Waals surface area contributed by atoms with Gasteiger partial charge in [-0.2, -0.15) is 0 Å². The Bertz CT molecular complexity index is 913. The molecule has 0 spiro atoms. The number of carbonyl (C=O) groups excluding carboxylic acids is 3. The Balaban J connectivity index is 1.61. The Morgan fingerprint density at radius 1 is 1.20 bits per heavy atom. The molecule has 2 saturated heterocycles. The molecule has 0 N–H and O–H groups in total. The number of carbonyl (C=O) groups is 3. The summed E-state index contributed by atoms with van der Waals surface area (Å²) in [7, 11) is 0. The summed E-state index contributed by atoms with van der Waals surface area (Å²) in [6.45, 7) is 0.769. The molecule has 3 aliphatic rings. The second-order valence-corrected chi connectivity index (χ2v) is 6.77. The number of rotatable bonds is 4. The molecule has 3 amide bonds. The smallest absolute Gasteiger partial charge is 0.332 e. The molecule has 1 saturated carbocycles. The van der Waals surface area contributed by atoms with E-state index < -0.39 is 0 Å². The summed E-state index contributed by atoms with van der Waals surface area (Å²) < 4.78 is 6.89. The maximum absolute atomic E-state index is 12.8. The van der Waals surface area contributed by atoms with Crippen LogP contribution in [0.4, 0.5) is 10.5 Å². The van der Waals surface area contributed by atoms with E-state index in [4.69, 9.17) is 4.74 Å². The van der Waals surface area contributed by atoms with Crippen molar-refractivity contribution in [3.05, 3.63) is 29.7 Å². The summed E-state index contributed by atoms with van der Waals surface area (Å²) in [5, 5.41) is 0. The van der Waals surface area contributed by atoms with Gasteiger partial charge in [0, 0.05) is 12.4 Å². The second kappa shape index (κ2) is 5.13. The van der Waals surface area contributed by atoms with Crippen LogP contribution in [0.25, 0.3) is 5.65 Å². The molecule has 0 unspecified atom stereocenters. The van der Waals surface area contributed by atoms with Crippen molar-refractivity contribution in [1.82, 2.24) is 14.3 Å². The summed E-state index contributed by atoms with van der Waals surface area (Å²) in [4.78, 5) is 43.4. The van der Waals surface area contributed by atoms with Crippen LogP contribution in [-0.4, -0.2) is 58.3 Å². The molecule has 2 aromatic heterocycles. The number of fused-ring (bicyclic) bond motifs is 1. The largest absolute Gasteiger partial charge is 0.377 e. The Morgan fingerprint density at radius 2 is 2.00 bits per heavy atom. The third-order valence-electron chi connectivity index (χ3n) is 5.02. The topological polar surface area (TPSA) is 84.2 Å². The highest BCUT2D eigenvalue weighted by Crippen LogP contribution is 2.42. The maximum atomic E-state index is 12.8. The van der Waals surface area contributed by atoms with Crippen LogP contribution in [0.5, 0.6) is 0 Å². The molecule has 1 aliphatic carbocycles. The fraction of sp³-hybridized carbons (Fsp3) is 0.412. The molecule has 3 fully saturated rings. The molecule has 2 aliphatic heterocycles. The van der Waals surface area contributed by atoms with E-state index >= 15 is 0 Å². The number of nitrogens with zero attached hydrogens (tertiary/aromatic N) is 4. The van der Waals surface area contributed by atoms with E-state index in [9.17, 15) is 14.4 Å². The summed E-state index contributed by atoms with van der Waals surface area (Å²) in [5.74, 6) is 0.241. The van der Waals surface area contributed by atoms with E-state index in [0.29, 0.717) is 42.4 Å². The normalized spacial score (nSPS) is 21.3. The van der Waals surface area contributed by atoms with Crippen LogP contribution in [0.15, 0.2) is 18.5 Å². The number of ether oxygens (including phenoxy) is 1. The lowest BCUT2D eigenvalue weighted by molar-refractivity contribution is -0.134. The number of pyridine rings is 1. The van der Waals surface area contributed by atoms with Gasteiger partial charge >= 0.3 is 6.03 Å². The van der Waals surface area contributed by atoms with Gasteiger partial charge in [0.05, 0.1) is 24.9 Å². The van der Waals surface area contributed by atoms with Gasteiger partial charge in [-0.1, -0.05) is 0 Å². The van der Waals surface area contributed by atoms with Gasteiger partial charge in [-0.15, -0.1) is 0 Å². The molecule has 0 bridgehead atoms. The van der Waals surface area contributed by atoms with Gasteiger partial charge in [0.1, 0.15) is 12.2 Å². The Labute approximate surface area is 143 Å². The van der Waals surface area contributed by atoms with Gasteiger partial charge in [0.15, 0.2) is 11.9 Å². The summed E-state index contributed by atoms with van der Waals surface area (Å²) in [6, 6.07) is 1.40. The number of imidazole rings is 1. The van der Waals surface area contributed by atoms with Gasteiger partial charge < -0.3 is 9.14 Å². The summed E-state index contributed by atoms with van der Waals surface area (Å²) >= 11 is 0. The first-order valence-electron chi connectivity index (χ1n) is 8.35. The molecule has 0 radical (unpaired) electrons. The second-order valence-electron chi connectivity index (χ2n) is 6.77. The van der Waals surface area contributed by atoms with Crippen LogP contribution < -0.4 is 4.90 Å². The number of hydrogen-bond acceptors (Lipinski definition) is 5. The SMILES string of the molecule is O=Cc1cn2cc(C3CC3)cc(N3CC(=O)N(C4COC4)C3=O)c2n1. The zero-order valence-electron chi connectivity index (χ0n) is 13.4. The Kier molecular flexibility index (Phi) is 2.99. The van der Waals surface area contributed by atoms with E-state index in [1.807, 2.05) is 12.3 Å². The van der Waals surface area contributed by atoms with Crippen molar-refractivity contribution in [2.75, 3.05) is 24.7 Å². The van der Waals surface area contributed by atoms with Crippen molar-refractivity contribution < 1.29 is 19.1 Å². The third kappa shape index (κ3) is 2.17. The molecule has 128 valence electrons. The molecule has 2 aromatic rings. The molecule has 8 heteroatoms. The van der Waals surface area contributed by atoms with Crippen molar-refractivity contribution in [3.63, 3.8) is 0 Å². The van der Waals surface area contributed by atoms with Gasteiger partial charge in [-0.25, -0.2) is 9.78 Å². The van der Waals surface area contributed by atoms with Gasteiger partial charge in [0.25, 0.3) is 5.91 Å². The summed E-state index contributed by atoms with van der Waals surface area (Å²) in [5.41, 5.74) is 2.50.